The van der Waals surface area contributed by atoms with Gasteiger partial charge in [-0.2, -0.15) is 4.80 Å². The fourth-order valence-electron chi connectivity index (χ4n) is 2.07. The van der Waals surface area contributed by atoms with Gasteiger partial charge in [0, 0.05) is 5.56 Å². The Morgan fingerprint density at radius 3 is 2.62 bits per heavy atom. The molecule has 3 amide bonds. The largest absolute Gasteiger partial charge is 0.326 e. The second-order valence-corrected chi connectivity index (χ2v) is 5.51. The number of benzene rings is 2. The molecule has 3 rings (SSSR count). The molecular weight excluding hydrogens is 363 g/mol. The van der Waals surface area contributed by atoms with Crippen LogP contribution in [0.5, 0.6) is 0 Å². The highest BCUT2D eigenvalue weighted by molar-refractivity contribution is 6.33. The Morgan fingerprint density at radius 1 is 1.12 bits per heavy atom. The summed E-state index contributed by atoms with van der Waals surface area (Å²) >= 11 is 6.05. The first-order valence-electron chi connectivity index (χ1n) is 7.41. The average Bonchev–Trinajstić information content (AvgIpc) is 3.05. The van der Waals surface area contributed by atoms with Crippen molar-refractivity contribution in [2.45, 2.75) is 6.54 Å². The molecule has 0 saturated heterocycles. The van der Waals surface area contributed by atoms with Crippen LogP contribution in [-0.2, 0) is 11.3 Å². The van der Waals surface area contributed by atoms with Crippen LogP contribution in [0, 0.1) is 5.82 Å². The number of amides is 3. The predicted octanol–water partition coefficient (Wildman–Crippen LogP) is 2.48. The van der Waals surface area contributed by atoms with Crippen molar-refractivity contribution in [1.29, 1.82) is 0 Å². The van der Waals surface area contributed by atoms with Crippen LogP contribution in [0.2, 0.25) is 5.02 Å². The Bertz CT molecular complexity index is 961. The number of hydrogen-bond donors (Lipinski definition) is 2. The van der Waals surface area contributed by atoms with E-state index in [0.717, 1.165) is 4.80 Å². The first-order chi connectivity index (χ1) is 12.5. The lowest BCUT2D eigenvalue weighted by molar-refractivity contribution is -0.120. The van der Waals surface area contributed by atoms with Crippen LogP contribution >= 0.6 is 11.6 Å². The third kappa shape index (κ3) is 4.19. The third-order valence-corrected chi connectivity index (χ3v) is 3.56. The molecule has 0 unspecified atom stereocenters. The van der Waals surface area contributed by atoms with Crippen molar-refractivity contribution in [3.63, 3.8) is 0 Å². The number of carbonyl (C=O) groups excluding carboxylic acids is 2. The van der Waals surface area contributed by atoms with Gasteiger partial charge in [-0.15, -0.1) is 10.2 Å². The van der Waals surface area contributed by atoms with Crippen LogP contribution in [0.1, 0.15) is 0 Å². The standard InChI is InChI=1S/C16H12ClFN6O2/c17-11-6-2-1-5-10(11)15-21-23-24(22-15)9-14(25)20-16(26)19-13-8-4-3-7-12(13)18/h1-8H,9H2,(H2,19,20,25,26). The summed E-state index contributed by atoms with van der Waals surface area (Å²) < 4.78 is 13.5. The zero-order valence-electron chi connectivity index (χ0n) is 13.2. The van der Waals surface area contributed by atoms with Crippen LogP contribution in [0.25, 0.3) is 11.4 Å². The van der Waals surface area contributed by atoms with Crippen LogP contribution in [-0.4, -0.2) is 32.1 Å². The summed E-state index contributed by atoms with van der Waals surface area (Å²) in [5.74, 6) is -1.06. The Hall–Kier alpha value is -3.33. The molecule has 0 atom stereocenters. The molecule has 26 heavy (non-hydrogen) atoms. The first-order valence-corrected chi connectivity index (χ1v) is 7.79. The highest BCUT2D eigenvalue weighted by Gasteiger charge is 2.14. The smallest absolute Gasteiger partial charge is 0.305 e. The number of urea groups is 1. The summed E-state index contributed by atoms with van der Waals surface area (Å²) in [7, 11) is 0. The Balaban J connectivity index is 1.60. The zero-order valence-corrected chi connectivity index (χ0v) is 13.9. The molecule has 1 aromatic heterocycles. The summed E-state index contributed by atoms with van der Waals surface area (Å²) in [4.78, 5) is 24.7. The quantitative estimate of drug-likeness (QED) is 0.730. The van der Waals surface area contributed by atoms with Crippen LogP contribution < -0.4 is 10.6 Å². The summed E-state index contributed by atoms with van der Waals surface area (Å²) in [5, 5.41) is 16.3. The van der Waals surface area contributed by atoms with E-state index in [-0.39, 0.29) is 18.1 Å². The topological polar surface area (TPSA) is 102 Å². The fraction of sp³-hybridized carbons (Fsp3) is 0.0625. The van der Waals surface area contributed by atoms with E-state index in [1.165, 1.54) is 18.2 Å². The van der Waals surface area contributed by atoms with Crippen molar-refractivity contribution in [3.05, 3.63) is 59.4 Å². The normalized spacial score (nSPS) is 10.4. The van der Waals surface area contributed by atoms with Crippen molar-refractivity contribution < 1.29 is 14.0 Å². The molecule has 0 spiro atoms. The molecule has 0 saturated carbocycles. The first kappa shape index (κ1) is 17.5. The molecule has 132 valence electrons. The number of anilines is 1. The Kier molecular flexibility index (Phi) is 5.18. The monoisotopic (exact) mass is 374 g/mol. The molecule has 0 aliphatic rings. The van der Waals surface area contributed by atoms with E-state index < -0.39 is 17.8 Å². The Morgan fingerprint density at radius 2 is 1.85 bits per heavy atom. The minimum atomic E-state index is -0.869. The molecule has 0 aliphatic heterocycles. The van der Waals surface area contributed by atoms with E-state index in [0.29, 0.717) is 10.6 Å². The van der Waals surface area contributed by atoms with Crippen LogP contribution in [0.4, 0.5) is 14.9 Å². The number of para-hydroxylation sites is 1. The van der Waals surface area contributed by atoms with Gasteiger partial charge >= 0.3 is 6.03 Å². The van der Waals surface area contributed by atoms with Gasteiger partial charge in [0.2, 0.25) is 5.82 Å². The summed E-state index contributed by atoms with van der Waals surface area (Å²) in [6, 6.07) is 11.6. The molecule has 2 aromatic carbocycles. The molecule has 10 heteroatoms. The minimum absolute atomic E-state index is 0.0438. The maximum atomic E-state index is 13.5. The Labute approximate surface area is 152 Å². The van der Waals surface area contributed by atoms with Crippen molar-refractivity contribution in [3.8, 4) is 11.4 Å². The molecule has 0 bridgehead atoms. The fourth-order valence-corrected chi connectivity index (χ4v) is 2.29. The van der Waals surface area contributed by atoms with E-state index in [1.807, 2.05) is 0 Å². The summed E-state index contributed by atoms with van der Waals surface area (Å²) in [6.07, 6.45) is 0. The van der Waals surface area contributed by atoms with E-state index in [2.05, 4.69) is 26.0 Å². The zero-order chi connectivity index (χ0) is 18.5. The van der Waals surface area contributed by atoms with Gasteiger partial charge in [0.25, 0.3) is 5.91 Å². The molecular formula is C16H12ClFN6O2. The highest BCUT2D eigenvalue weighted by Crippen LogP contribution is 2.23. The van der Waals surface area contributed by atoms with Gasteiger partial charge in [0.15, 0.2) is 0 Å². The minimum Gasteiger partial charge on any atom is -0.305 e. The van der Waals surface area contributed by atoms with Gasteiger partial charge in [0.05, 0.1) is 10.7 Å². The predicted molar refractivity (Wildman–Crippen MR) is 91.8 cm³/mol. The number of aromatic nitrogens is 4. The lowest BCUT2D eigenvalue weighted by Gasteiger charge is -2.06. The van der Waals surface area contributed by atoms with Gasteiger partial charge < -0.3 is 5.32 Å². The second kappa shape index (κ2) is 7.70. The number of carbonyl (C=O) groups is 2. The molecule has 0 fully saturated rings. The maximum Gasteiger partial charge on any atom is 0.326 e. The molecule has 0 aliphatic carbocycles. The van der Waals surface area contributed by atoms with Gasteiger partial charge in [-0.05, 0) is 29.5 Å². The average molecular weight is 375 g/mol. The van der Waals surface area contributed by atoms with Crippen LogP contribution in [0.15, 0.2) is 48.5 Å². The molecule has 3 aromatic rings. The lowest BCUT2D eigenvalue weighted by Crippen LogP contribution is -2.37. The number of hydrogen-bond acceptors (Lipinski definition) is 5. The molecule has 2 N–H and O–H groups in total. The van der Waals surface area contributed by atoms with Gasteiger partial charge in [-0.1, -0.05) is 35.9 Å². The number of nitrogens with zero attached hydrogens (tertiary/aromatic N) is 4. The van der Waals surface area contributed by atoms with Crippen molar-refractivity contribution in [2.24, 2.45) is 0 Å². The summed E-state index contributed by atoms with van der Waals surface area (Å²) in [5.41, 5.74) is 0.524. The number of imide groups is 1. The number of nitrogens with one attached hydrogen (secondary N) is 2. The van der Waals surface area contributed by atoms with Gasteiger partial charge in [-0.3, -0.25) is 10.1 Å². The highest BCUT2D eigenvalue weighted by atomic mass is 35.5. The van der Waals surface area contributed by atoms with Gasteiger partial charge in [0.1, 0.15) is 12.4 Å². The lowest BCUT2D eigenvalue weighted by atomic mass is 10.2. The maximum absolute atomic E-state index is 13.5. The summed E-state index contributed by atoms with van der Waals surface area (Å²) in [6.45, 7) is -0.345. The van der Waals surface area contributed by atoms with Crippen LogP contribution in [0.3, 0.4) is 0 Å². The second-order valence-electron chi connectivity index (χ2n) is 5.11. The molecule has 1 heterocycles. The molecule has 0 radical (unpaired) electrons. The van der Waals surface area contributed by atoms with Gasteiger partial charge in [-0.25, -0.2) is 9.18 Å². The number of tetrazole rings is 1. The van der Waals surface area contributed by atoms with Crippen molar-refractivity contribution in [2.75, 3.05) is 5.32 Å². The van der Waals surface area contributed by atoms with E-state index in [9.17, 15) is 14.0 Å². The molecule has 8 nitrogen and oxygen atoms in total. The van der Waals surface area contributed by atoms with Crippen molar-refractivity contribution in [1.82, 2.24) is 25.5 Å². The van der Waals surface area contributed by atoms with Crippen molar-refractivity contribution >= 4 is 29.2 Å². The van der Waals surface area contributed by atoms with E-state index >= 15 is 0 Å². The number of halogens is 2. The van der Waals surface area contributed by atoms with E-state index in [1.54, 1.807) is 30.3 Å². The third-order valence-electron chi connectivity index (χ3n) is 3.23. The number of rotatable bonds is 4. The SMILES string of the molecule is O=C(Cn1nnc(-c2ccccc2Cl)n1)NC(=O)Nc1ccccc1F. The van der Waals surface area contributed by atoms with E-state index in [4.69, 9.17) is 11.6 Å².